The molecule has 0 fully saturated rings. The molecule has 1 N–H and O–H groups in total. The van der Waals surface area contributed by atoms with Crippen molar-refractivity contribution in [3.8, 4) is 0 Å². The number of unbranched alkanes of at least 4 members (excludes halogenated alkanes) is 6. The molecule has 0 amide bonds. The highest BCUT2D eigenvalue weighted by molar-refractivity contribution is 6.16. The Hall–Kier alpha value is -2.61. The van der Waals surface area contributed by atoms with Gasteiger partial charge in [-0.15, -0.1) is 0 Å². The van der Waals surface area contributed by atoms with Crippen molar-refractivity contribution in [3.63, 3.8) is 0 Å². The Bertz CT molecular complexity index is 1060. The van der Waals surface area contributed by atoms with Gasteiger partial charge in [-0.05, 0) is 77.6 Å². The topological polar surface area (TPSA) is 26.8 Å². The molecule has 0 saturated heterocycles. The number of hydrogen-bond donors (Lipinski definition) is 0. The fourth-order valence-electron chi connectivity index (χ4n) is 5.27. The van der Waals surface area contributed by atoms with E-state index in [2.05, 4.69) is 84.0 Å². The molecule has 1 aliphatic rings. The zero-order valence-corrected chi connectivity index (χ0v) is 22.4. The summed E-state index contributed by atoms with van der Waals surface area (Å²) in [4.78, 5) is 0. The van der Waals surface area contributed by atoms with Gasteiger partial charge >= 0.3 is 0 Å². The maximum absolute atomic E-state index is 9.37. The summed E-state index contributed by atoms with van der Waals surface area (Å²) in [5.74, 6) is 9.37. The lowest BCUT2D eigenvalue weighted by atomic mass is 9.90. The number of nitrogens with one attached hydrogen (secondary N) is 1. The molecule has 0 radical (unpaired) electrons. The molecule has 0 aliphatic carbocycles. The molecule has 0 saturated carbocycles. The molecule has 1 heterocycles. The molecule has 1 aliphatic heterocycles. The summed E-state index contributed by atoms with van der Waals surface area (Å²) in [5, 5.41) is 0. The number of aryl methyl sites for hydroxylation is 4. The molecule has 2 heteroatoms. The first kappa shape index (κ1) is 26.0. The molecule has 0 bridgehead atoms. The zero-order valence-electron chi connectivity index (χ0n) is 22.4. The van der Waals surface area contributed by atoms with E-state index in [1.165, 1.54) is 71.1 Å². The first-order chi connectivity index (χ1) is 16.3. The second kappa shape index (κ2) is 12.2. The molecule has 2 aromatic rings. The molecule has 0 aromatic heterocycles. The Kier molecular flexibility index (Phi) is 9.33. The first-order valence-corrected chi connectivity index (χ1v) is 13.3. The van der Waals surface area contributed by atoms with Crippen molar-refractivity contribution in [2.24, 2.45) is 0 Å². The van der Waals surface area contributed by atoms with Crippen molar-refractivity contribution >= 4 is 11.4 Å². The van der Waals surface area contributed by atoms with Gasteiger partial charge in [-0.25, -0.2) is 4.68 Å². The minimum Gasteiger partial charge on any atom is -0.448 e. The molecule has 34 heavy (non-hydrogen) atoms. The number of allylic oxidation sites excluding steroid dienone is 3. The van der Waals surface area contributed by atoms with Crippen molar-refractivity contribution in [1.82, 2.24) is 0 Å². The number of nitrogens with zero attached hydrogens (tertiary/aromatic N) is 1. The average molecular weight is 457 g/mol. The van der Waals surface area contributed by atoms with Crippen LogP contribution < -0.4 is 0 Å². The van der Waals surface area contributed by atoms with E-state index in [1.807, 2.05) is 0 Å². The van der Waals surface area contributed by atoms with E-state index in [9.17, 15) is 5.84 Å². The van der Waals surface area contributed by atoms with Crippen LogP contribution in [0, 0.1) is 27.7 Å². The van der Waals surface area contributed by atoms with Crippen LogP contribution >= 0.6 is 0 Å². The molecule has 0 unspecified atom stereocenters. The summed E-state index contributed by atoms with van der Waals surface area (Å²) in [7, 11) is 0. The van der Waals surface area contributed by atoms with Gasteiger partial charge < -0.3 is 5.84 Å². The van der Waals surface area contributed by atoms with Crippen molar-refractivity contribution in [1.29, 1.82) is 0 Å². The summed E-state index contributed by atoms with van der Waals surface area (Å²) in [6.45, 7) is 13.2. The van der Waals surface area contributed by atoms with E-state index in [0.29, 0.717) is 0 Å². The van der Waals surface area contributed by atoms with Crippen LogP contribution in [0.2, 0.25) is 0 Å². The quantitative estimate of drug-likeness (QED) is 0.238. The predicted octanol–water partition coefficient (Wildman–Crippen LogP) is 9.59. The summed E-state index contributed by atoms with van der Waals surface area (Å²) >= 11 is 0. The minimum absolute atomic E-state index is 1.02. The third kappa shape index (κ3) is 6.29. The van der Waals surface area contributed by atoms with Gasteiger partial charge in [0.2, 0.25) is 11.4 Å². The van der Waals surface area contributed by atoms with Gasteiger partial charge in [0.25, 0.3) is 0 Å². The standard InChI is InChI=1S/C32H44N2/c1-7-9-11-12-13-14-16-30-29(15-10-8-2)31(27-19-23(3)17-24(4)20-27)34(33)32(30)28-21-25(5)18-26(6)22-28/h16-22,33H,7-15H2,1-6H3. The summed E-state index contributed by atoms with van der Waals surface area (Å²) in [6, 6.07) is 13.5. The fourth-order valence-corrected chi connectivity index (χ4v) is 5.27. The third-order valence-corrected chi connectivity index (χ3v) is 6.74. The van der Waals surface area contributed by atoms with Crippen LogP contribution in [0.3, 0.4) is 0 Å². The van der Waals surface area contributed by atoms with Crippen molar-refractivity contribution in [2.45, 2.75) is 99.3 Å². The van der Waals surface area contributed by atoms with Gasteiger partial charge in [0.1, 0.15) is 0 Å². The number of rotatable bonds is 11. The summed E-state index contributed by atoms with van der Waals surface area (Å²) in [6.07, 6.45) is 13.3. The Morgan fingerprint density at radius 2 is 1.21 bits per heavy atom. The third-order valence-electron chi connectivity index (χ3n) is 6.74. The van der Waals surface area contributed by atoms with E-state index in [-0.39, 0.29) is 0 Å². The smallest absolute Gasteiger partial charge is 0.215 e. The Labute approximate surface area is 208 Å². The molecule has 0 atom stereocenters. The van der Waals surface area contributed by atoms with E-state index in [4.69, 9.17) is 0 Å². The van der Waals surface area contributed by atoms with Crippen LogP contribution in [0.4, 0.5) is 0 Å². The summed E-state index contributed by atoms with van der Waals surface area (Å²) in [5.41, 5.74) is 12.1. The maximum Gasteiger partial charge on any atom is 0.215 e. The molecular weight excluding hydrogens is 412 g/mol. The van der Waals surface area contributed by atoms with Gasteiger partial charge in [-0.3, -0.25) is 0 Å². The van der Waals surface area contributed by atoms with Crippen LogP contribution in [0.5, 0.6) is 0 Å². The highest BCUT2D eigenvalue weighted by Crippen LogP contribution is 2.38. The lowest BCUT2D eigenvalue weighted by molar-refractivity contribution is -0.347. The van der Waals surface area contributed by atoms with Gasteiger partial charge in [-0.2, -0.15) is 0 Å². The number of benzene rings is 2. The normalized spacial score (nSPS) is 15.2. The Morgan fingerprint density at radius 1 is 0.676 bits per heavy atom. The monoisotopic (exact) mass is 456 g/mol. The average Bonchev–Trinajstić information content (AvgIpc) is 3.04. The first-order valence-electron chi connectivity index (χ1n) is 13.3. The molecule has 2 nitrogen and oxygen atoms in total. The largest absolute Gasteiger partial charge is 0.448 e. The van der Waals surface area contributed by atoms with E-state index >= 15 is 0 Å². The molecule has 0 spiro atoms. The van der Waals surface area contributed by atoms with Crippen LogP contribution in [-0.2, 0) is 0 Å². The van der Waals surface area contributed by atoms with Crippen LogP contribution in [0.1, 0.15) is 105 Å². The Morgan fingerprint density at radius 3 is 1.76 bits per heavy atom. The highest BCUT2D eigenvalue weighted by Gasteiger charge is 2.35. The molecular formula is C32H44N2. The second-order valence-corrected chi connectivity index (χ2v) is 10.2. The molecule has 2 aromatic carbocycles. The van der Waals surface area contributed by atoms with Crippen molar-refractivity contribution in [2.75, 3.05) is 0 Å². The van der Waals surface area contributed by atoms with E-state index in [0.717, 1.165) is 42.7 Å². The highest BCUT2D eigenvalue weighted by atomic mass is 15.3. The van der Waals surface area contributed by atoms with Gasteiger partial charge in [0, 0.05) is 16.7 Å². The number of hydrogen-bond acceptors (Lipinski definition) is 0. The maximum atomic E-state index is 9.37. The van der Waals surface area contributed by atoms with Gasteiger partial charge in [0.15, 0.2) is 0 Å². The molecule has 182 valence electrons. The van der Waals surface area contributed by atoms with Gasteiger partial charge in [-0.1, -0.05) is 86.4 Å². The SMILES string of the molecule is CCCCCCCC=C1C(CCCC)=C(c2cc(C)cc(C)c2)[N+]([NH-])=C1c1cc(C)cc(C)c1. The Balaban J connectivity index is 2.15. The van der Waals surface area contributed by atoms with Crippen molar-refractivity contribution < 1.29 is 4.68 Å². The van der Waals surface area contributed by atoms with Crippen LogP contribution in [-0.4, -0.2) is 10.4 Å². The summed E-state index contributed by atoms with van der Waals surface area (Å²) < 4.78 is 1.75. The van der Waals surface area contributed by atoms with Gasteiger partial charge in [0.05, 0.1) is 5.57 Å². The van der Waals surface area contributed by atoms with E-state index < -0.39 is 0 Å². The fraction of sp³-hybridized carbons (Fsp3) is 0.469. The van der Waals surface area contributed by atoms with E-state index in [1.54, 1.807) is 4.68 Å². The van der Waals surface area contributed by atoms with Crippen molar-refractivity contribution in [3.05, 3.63) is 92.8 Å². The van der Waals surface area contributed by atoms with Crippen LogP contribution in [0.25, 0.3) is 11.5 Å². The van der Waals surface area contributed by atoms with Crippen LogP contribution in [0.15, 0.2) is 53.6 Å². The lowest BCUT2D eigenvalue weighted by Crippen LogP contribution is -2.12. The lowest BCUT2D eigenvalue weighted by Gasteiger charge is -2.10. The zero-order chi connectivity index (χ0) is 24.7. The molecule has 3 rings (SSSR count). The minimum atomic E-state index is 1.02. The predicted molar refractivity (Wildman–Crippen MR) is 148 cm³/mol. The second-order valence-electron chi connectivity index (χ2n) is 10.2.